The minimum Gasteiger partial charge on any atom is -0.478 e. The molecule has 0 spiro atoms. The van der Waals surface area contributed by atoms with Gasteiger partial charge in [0.05, 0.1) is 0 Å². The summed E-state index contributed by atoms with van der Waals surface area (Å²) in [6, 6.07) is 0. The third kappa shape index (κ3) is 9.27. The summed E-state index contributed by atoms with van der Waals surface area (Å²) in [5.41, 5.74) is 0. The number of rotatable bonds is 13. The predicted octanol–water partition coefficient (Wildman–Crippen LogP) is 6.35. The number of carboxylic acids is 1. The van der Waals surface area contributed by atoms with Crippen LogP contribution in [0.15, 0.2) is 12.2 Å². The van der Waals surface area contributed by atoms with Crippen LogP contribution >= 0.6 is 0 Å². The normalized spacial score (nSPS) is 21.7. The molecule has 1 rings (SSSR count). The van der Waals surface area contributed by atoms with Crippen LogP contribution in [0.3, 0.4) is 0 Å². The fourth-order valence-corrected chi connectivity index (χ4v) is 3.91. The monoisotopic (exact) mass is 308 g/mol. The molecular weight excluding hydrogens is 272 g/mol. The largest absolute Gasteiger partial charge is 0.478 e. The summed E-state index contributed by atoms with van der Waals surface area (Å²) in [6.07, 6.45) is 22.0. The molecule has 2 heteroatoms. The molecule has 0 aliphatic heterocycles. The van der Waals surface area contributed by atoms with Crippen LogP contribution in [0.5, 0.6) is 0 Å². The van der Waals surface area contributed by atoms with Crippen molar-refractivity contribution in [3.63, 3.8) is 0 Å². The van der Waals surface area contributed by atoms with Gasteiger partial charge in [0, 0.05) is 6.08 Å². The van der Waals surface area contributed by atoms with Gasteiger partial charge >= 0.3 is 5.97 Å². The van der Waals surface area contributed by atoms with Crippen molar-refractivity contribution in [3.05, 3.63) is 12.2 Å². The minimum atomic E-state index is -0.824. The molecule has 0 unspecified atom stereocenters. The van der Waals surface area contributed by atoms with Crippen LogP contribution in [0.2, 0.25) is 0 Å². The van der Waals surface area contributed by atoms with Gasteiger partial charge in [-0.05, 0) is 24.7 Å². The second-order valence-corrected chi connectivity index (χ2v) is 7.03. The maximum atomic E-state index is 10.4. The molecule has 1 saturated carbocycles. The zero-order valence-corrected chi connectivity index (χ0v) is 14.6. The van der Waals surface area contributed by atoms with Gasteiger partial charge in [0.1, 0.15) is 0 Å². The molecule has 2 atom stereocenters. The highest BCUT2D eigenvalue weighted by molar-refractivity contribution is 5.79. The van der Waals surface area contributed by atoms with Gasteiger partial charge in [0.2, 0.25) is 0 Å². The standard InChI is InChI=1S/C20H36O2/c1-2-3-4-5-6-9-13-18-15-12-16-19(18)14-10-7-8-11-17-20(21)22/h11,17-19H,2-10,12-16H2,1H3,(H,21,22)/b17-11+/t18-,19-/m0/s1. The van der Waals surface area contributed by atoms with Gasteiger partial charge in [-0.15, -0.1) is 0 Å². The number of unbranched alkanes of at least 4 members (excludes halogenated alkanes) is 7. The Morgan fingerprint density at radius 2 is 1.55 bits per heavy atom. The van der Waals surface area contributed by atoms with Gasteiger partial charge in [-0.2, -0.15) is 0 Å². The lowest BCUT2D eigenvalue weighted by atomic mass is 9.87. The second kappa shape index (κ2) is 12.7. The van der Waals surface area contributed by atoms with Crippen LogP contribution in [0.4, 0.5) is 0 Å². The first-order chi connectivity index (χ1) is 10.7. The van der Waals surface area contributed by atoms with Gasteiger partial charge < -0.3 is 5.11 Å². The quantitative estimate of drug-likeness (QED) is 0.318. The second-order valence-electron chi connectivity index (χ2n) is 7.03. The number of aliphatic carboxylic acids is 1. The fraction of sp³-hybridized carbons (Fsp3) is 0.850. The summed E-state index contributed by atoms with van der Waals surface area (Å²) in [4.78, 5) is 10.4. The minimum absolute atomic E-state index is 0.824. The van der Waals surface area contributed by atoms with E-state index in [0.717, 1.165) is 24.7 Å². The van der Waals surface area contributed by atoms with E-state index in [1.165, 1.54) is 83.1 Å². The van der Waals surface area contributed by atoms with E-state index in [0.29, 0.717) is 0 Å². The Hall–Kier alpha value is -0.790. The lowest BCUT2D eigenvalue weighted by Crippen LogP contribution is -2.08. The maximum Gasteiger partial charge on any atom is 0.327 e. The summed E-state index contributed by atoms with van der Waals surface area (Å²) in [7, 11) is 0. The molecule has 1 aliphatic rings. The molecule has 22 heavy (non-hydrogen) atoms. The molecule has 2 nitrogen and oxygen atoms in total. The molecule has 0 aromatic carbocycles. The molecule has 0 aromatic rings. The van der Waals surface area contributed by atoms with Gasteiger partial charge in [0.15, 0.2) is 0 Å². The summed E-state index contributed by atoms with van der Waals surface area (Å²) in [5.74, 6) is 1.12. The topological polar surface area (TPSA) is 37.3 Å². The summed E-state index contributed by atoms with van der Waals surface area (Å²) < 4.78 is 0. The van der Waals surface area contributed by atoms with Gasteiger partial charge in [-0.25, -0.2) is 4.79 Å². The zero-order chi connectivity index (χ0) is 16.0. The number of hydrogen-bond acceptors (Lipinski definition) is 1. The van der Waals surface area contributed by atoms with Crippen LogP contribution in [-0.2, 0) is 4.79 Å². The van der Waals surface area contributed by atoms with Gasteiger partial charge in [0.25, 0.3) is 0 Å². The number of carboxylic acid groups (broad SMARTS) is 1. The van der Waals surface area contributed by atoms with Crippen molar-refractivity contribution in [3.8, 4) is 0 Å². The van der Waals surface area contributed by atoms with E-state index in [1.807, 2.05) is 0 Å². The molecular formula is C20H36O2. The Morgan fingerprint density at radius 1 is 0.955 bits per heavy atom. The lowest BCUT2D eigenvalue weighted by Gasteiger charge is -2.19. The van der Waals surface area contributed by atoms with Crippen LogP contribution in [0.25, 0.3) is 0 Å². The average Bonchev–Trinajstić information content (AvgIpc) is 2.93. The predicted molar refractivity (Wildman–Crippen MR) is 94.1 cm³/mol. The van der Waals surface area contributed by atoms with Crippen molar-refractivity contribution < 1.29 is 9.90 Å². The molecule has 1 N–H and O–H groups in total. The molecule has 0 heterocycles. The van der Waals surface area contributed by atoms with Crippen molar-refractivity contribution in [2.24, 2.45) is 11.8 Å². The van der Waals surface area contributed by atoms with E-state index in [2.05, 4.69) is 6.92 Å². The van der Waals surface area contributed by atoms with Gasteiger partial charge in [-0.1, -0.05) is 90.0 Å². The highest BCUT2D eigenvalue weighted by atomic mass is 16.4. The smallest absolute Gasteiger partial charge is 0.327 e. The first-order valence-electron chi connectivity index (χ1n) is 9.63. The van der Waals surface area contributed by atoms with Gasteiger partial charge in [-0.3, -0.25) is 0 Å². The summed E-state index contributed by atoms with van der Waals surface area (Å²) in [6.45, 7) is 2.28. The number of allylic oxidation sites excluding steroid dienone is 1. The Labute approximate surface area is 137 Å². The molecule has 128 valence electrons. The Balaban J connectivity index is 2.03. The number of hydrogen-bond donors (Lipinski definition) is 1. The molecule has 0 saturated heterocycles. The number of carbonyl (C=O) groups is 1. The zero-order valence-electron chi connectivity index (χ0n) is 14.6. The molecule has 0 aromatic heterocycles. The fourth-order valence-electron chi connectivity index (χ4n) is 3.91. The molecule has 1 aliphatic carbocycles. The van der Waals surface area contributed by atoms with E-state index in [1.54, 1.807) is 6.08 Å². The van der Waals surface area contributed by atoms with Crippen molar-refractivity contribution in [1.29, 1.82) is 0 Å². The molecule has 0 radical (unpaired) electrons. The summed E-state index contributed by atoms with van der Waals surface area (Å²) in [5, 5.41) is 8.54. The highest BCUT2D eigenvalue weighted by Gasteiger charge is 2.25. The third-order valence-electron chi connectivity index (χ3n) is 5.20. The lowest BCUT2D eigenvalue weighted by molar-refractivity contribution is -0.131. The third-order valence-corrected chi connectivity index (χ3v) is 5.20. The van der Waals surface area contributed by atoms with Crippen molar-refractivity contribution in [1.82, 2.24) is 0 Å². The van der Waals surface area contributed by atoms with E-state index in [-0.39, 0.29) is 0 Å². The Bertz CT molecular complexity index is 309. The van der Waals surface area contributed by atoms with Crippen LogP contribution in [0, 0.1) is 11.8 Å². The van der Waals surface area contributed by atoms with Crippen molar-refractivity contribution in [2.75, 3.05) is 0 Å². The van der Waals surface area contributed by atoms with Crippen LogP contribution in [-0.4, -0.2) is 11.1 Å². The molecule has 1 fully saturated rings. The summed E-state index contributed by atoms with van der Waals surface area (Å²) >= 11 is 0. The van der Waals surface area contributed by atoms with Crippen LogP contribution in [0.1, 0.15) is 96.8 Å². The van der Waals surface area contributed by atoms with E-state index < -0.39 is 5.97 Å². The highest BCUT2D eigenvalue weighted by Crippen LogP contribution is 2.38. The first kappa shape index (κ1) is 19.3. The van der Waals surface area contributed by atoms with E-state index in [9.17, 15) is 4.79 Å². The van der Waals surface area contributed by atoms with E-state index in [4.69, 9.17) is 5.11 Å². The Kier molecular flexibility index (Phi) is 11.1. The first-order valence-corrected chi connectivity index (χ1v) is 9.63. The maximum absolute atomic E-state index is 10.4. The SMILES string of the molecule is CCCCCCCC[C@H]1CCC[C@@H]1CCCC/C=C/C(=O)O. The van der Waals surface area contributed by atoms with Crippen molar-refractivity contribution >= 4 is 5.97 Å². The van der Waals surface area contributed by atoms with Crippen LogP contribution < -0.4 is 0 Å². The Morgan fingerprint density at radius 3 is 2.18 bits per heavy atom. The average molecular weight is 309 g/mol. The molecule has 0 amide bonds. The molecule has 0 bridgehead atoms. The van der Waals surface area contributed by atoms with E-state index >= 15 is 0 Å². The van der Waals surface area contributed by atoms with Crippen molar-refractivity contribution in [2.45, 2.75) is 96.8 Å².